The van der Waals surface area contributed by atoms with Crippen molar-refractivity contribution >= 4 is 5.91 Å². The van der Waals surface area contributed by atoms with E-state index < -0.39 is 0 Å². The van der Waals surface area contributed by atoms with Crippen LogP contribution in [-0.2, 0) is 4.79 Å². The third-order valence-electron chi connectivity index (χ3n) is 3.20. The molecule has 0 bridgehead atoms. The van der Waals surface area contributed by atoms with E-state index in [0.717, 1.165) is 0 Å². The fraction of sp³-hybridized carbons (Fsp3) is 0.438. The van der Waals surface area contributed by atoms with E-state index in [9.17, 15) is 9.59 Å². The zero-order chi connectivity index (χ0) is 16.1. The van der Waals surface area contributed by atoms with E-state index in [1.54, 1.807) is 24.5 Å². The number of aromatic nitrogens is 2. The molecule has 0 aromatic carbocycles. The highest BCUT2D eigenvalue weighted by molar-refractivity contribution is 5.76. The molecule has 0 fully saturated rings. The van der Waals surface area contributed by atoms with Crippen LogP contribution in [0.1, 0.15) is 33.2 Å². The first kappa shape index (κ1) is 16.0. The Morgan fingerprint density at radius 1 is 1.32 bits per heavy atom. The quantitative estimate of drug-likeness (QED) is 0.887. The largest absolute Gasteiger partial charge is 0.463 e. The number of carbonyl (C=O) groups excluding carboxylic acids is 1. The molecule has 0 spiro atoms. The van der Waals surface area contributed by atoms with E-state index in [1.807, 2.05) is 20.8 Å². The molecule has 2 aromatic rings. The van der Waals surface area contributed by atoms with Gasteiger partial charge in [-0.2, -0.15) is 5.10 Å². The molecule has 2 rings (SSSR count). The number of hydrogen-bond acceptors (Lipinski definition) is 4. The zero-order valence-corrected chi connectivity index (χ0v) is 13.1. The van der Waals surface area contributed by atoms with Crippen molar-refractivity contribution < 1.29 is 9.21 Å². The molecule has 2 aromatic heterocycles. The molecule has 1 atom stereocenters. The maximum atomic E-state index is 12.0. The van der Waals surface area contributed by atoms with Crippen molar-refractivity contribution in [3.8, 4) is 11.5 Å². The van der Waals surface area contributed by atoms with Crippen LogP contribution in [0.3, 0.4) is 0 Å². The molecule has 0 saturated carbocycles. The lowest BCUT2D eigenvalue weighted by molar-refractivity contribution is -0.121. The summed E-state index contributed by atoms with van der Waals surface area (Å²) in [4.78, 5) is 23.7. The van der Waals surface area contributed by atoms with Crippen molar-refractivity contribution in [2.45, 2.75) is 33.2 Å². The van der Waals surface area contributed by atoms with Gasteiger partial charge in [-0.3, -0.25) is 9.59 Å². The number of nitrogens with one attached hydrogen (secondary N) is 1. The second-order valence-corrected chi connectivity index (χ2v) is 5.73. The average molecular weight is 303 g/mol. The predicted molar refractivity (Wildman–Crippen MR) is 83.4 cm³/mol. The van der Waals surface area contributed by atoms with Gasteiger partial charge in [0.25, 0.3) is 5.56 Å². The molecule has 118 valence electrons. The Hall–Kier alpha value is -2.37. The number of carbonyl (C=O) groups is 1. The summed E-state index contributed by atoms with van der Waals surface area (Å²) in [5.41, 5.74) is 0.380. The van der Waals surface area contributed by atoms with Gasteiger partial charge in [-0.15, -0.1) is 0 Å². The Kier molecular flexibility index (Phi) is 5.14. The number of amides is 1. The first-order valence-electron chi connectivity index (χ1n) is 7.38. The molecule has 0 aliphatic heterocycles. The number of rotatable bonds is 6. The van der Waals surface area contributed by atoms with Crippen molar-refractivity contribution in [3.63, 3.8) is 0 Å². The van der Waals surface area contributed by atoms with Crippen LogP contribution in [0.4, 0.5) is 0 Å². The Morgan fingerprint density at radius 3 is 2.73 bits per heavy atom. The maximum absolute atomic E-state index is 12.0. The molecule has 1 unspecified atom stereocenters. The van der Waals surface area contributed by atoms with Gasteiger partial charge in [0.2, 0.25) is 5.91 Å². The lowest BCUT2D eigenvalue weighted by Gasteiger charge is -2.15. The second kappa shape index (κ2) is 7.06. The Morgan fingerprint density at radius 2 is 2.09 bits per heavy atom. The first-order chi connectivity index (χ1) is 10.5. The fourth-order valence-electron chi connectivity index (χ4n) is 2.09. The molecule has 2 heterocycles. The molecule has 6 heteroatoms. The summed E-state index contributed by atoms with van der Waals surface area (Å²) < 4.78 is 6.66. The van der Waals surface area contributed by atoms with E-state index in [-0.39, 0.29) is 17.5 Å². The first-order valence-corrected chi connectivity index (χ1v) is 7.38. The molecule has 1 amide bonds. The highest BCUT2D eigenvalue weighted by atomic mass is 16.3. The topological polar surface area (TPSA) is 77.1 Å². The molecule has 0 aliphatic carbocycles. The lowest BCUT2D eigenvalue weighted by atomic mass is 10.1. The van der Waals surface area contributed by atoms with Crippen LogP contribution in [0.5, 0.6) is 0 Å². The molecule has 0 radical (unpaired) electrons. The van der Waals surface area contributed by atoms with Crippen LogP contribution >= 0.6 is 0 Å². The van der Waals surface area contributed by atoms with E-state index >= 15 is 0 Å². The smallest absolute Gasteiger partial charge is 0.267 e. The molecular weight excluding hydrogens is 282 g/mol. The molecule has 6 nitrogen and oxygen atoms in total. The number of nitrogens with zero attached hydrogens (tertiary/aromatic N) is 2. The minimum Gasteiger partial charge on any atom is -0.463 e. The molecule has 0 aliphatic rings. The van der Waals surface area contributed by atoms with E-state index in [4.69, 9.17) is 4.42 Å². The van der Waals surface area contributed by atoms with Gasteiger partial charge >= 0.3 is 0 Å². The van der Waals surface area contributed by atoms with Gasteiger partial charge in [-0.1, -0.05) is 13.8 Å². The van der Waals surface area contributed by atoms with Crippen molar-refractivity contribution in [3.05, 3.63) is 40.9 Å². The summed E-state index contributed by atoms with van der Waals surface area (Å²) in [6, 6.07) is 6.39. The Balaban J connectivity index is 2.09. The third-order valence-corrected chi connectivity index (χ3v) is 3.20. The van der Waals surface area contributed by atoms with Crippen molar-refractivity contribution in [1.29, 1.82) is 0 Å². The van der Waals surface area contributed by atoms with Crippen LogP contribution in [0, 0.1) is 5.92 Å². The van der Waals surface area contributed by atoms with Crippen LogP contribution in [0.25, 0.3) is 11.5 Å². The zero-order valence-electron chi connectivity index (χ0n) is 13.1. The third kappa shape index (κ3) is 4.07. The lowest BCUT2D eigenvalue weighted by Crippen LogP contribution is -2.35. The molecular formula is C16H21N3O3. The summed E-state index contributed by atoms with van der Waals surface area (Å²) in [6.07, 6.45) is 2.03. The maximum Gasteiger partial charge on any atom is 0.267 e. The minimum atomic E-state index is -0.237. The molecule has 22 heavy (non-hydrogen) atoms. The van der Waals surface area contributed by atoms with Crippen LogP contribution in [-0.4, -0.2) is 22.2 Å². The summed E-state index contributed by atoms with van der Waals surface area (Å²) >= 11 is 0. The van der Waals surface area contributed by atoms with Crippen LogP contribution in [0.2, 0.25) is 0 Å². The molecule has 1 N–H and O–H groups in total. The Labute approximate surface area is 129 Å². The summed E-state index contributed by atoms with van der Waals surface area (Å²) in [5, 5.41) is 7.14. The van der Waals surface area contributed by atoms with Gasteiger partial charge in [-0.05, 0) is 31.0 Å². The monoisotopic (exact) mass is 303 g/mol. The van der Waals surface area contributed by atoms with Crippen LogP contribution in [0.15, 0.2) is 39.7 Å². The highest BCUT2D eigenvalue weighted by Gasteiger charge is 2.13. The van der Waals surface area contributed by atoms with Crippen LogP contribution < -0.4 is 10.9 Å². The SMILES string of the molecule is CC(C)CC(=O)NCC(C)n1nc(-c2ccco2)ccc1=O. The van der Waals surface area contributed by atoms with Crippen molar-refractivity contribution in [2.24, 2.45) is 5.92 Å². The second-order valence-electron chi connectivity index (χ2n) is 5.73. The fourth-order valence-corrected chi connectivity index (χ4v) is 2.09. The predicted octanol–water partition coefficient (Wildman–Crippen LogP) is 2.23. The summed E-state index contributed by atoms with van der Waals surface area (Å²) in [5.74, 6) is 0.889. The normalized spacial score (nSPS) is 12.4. The van der Waals surface area contributed by atoms with E-state index in [2.05, 4.69) is 10.4 Å². The van der Waals surface area contributed by atoms with E-state index in [1.165, 1.54) is 10.7 Å². The number of furan rings is 1. The summed E-state index contributed by atoms with van der Waals surface area (Å²) in [6.45, 7) is 6.18. The average Bonchev–Trinajstić information content (AvgIpc) is 2.98. The standard InChI is InChI=1S/C16H21N3O3/c1-11(2)9-15(20)17-10-12(3)19-16(21)7-6-13(18-19)14-5-4-8-22-14/h4-8,11-12H,9-10H2,1-3H3,(H,17,20). The molecule has 0 saturated heterocycles. The van der Waals surface area contributed by atoms with Gasteiger partial charge in [0.1, 0.15) is 5.69 Å². The van der Waals surface area contributed by atoms with Gasteiger partial charge in [0.15, 0.2) is 5.76 Å². The van der Waals surface area contributed by atoms with Gasteiger partial charge in [0.05, 0.1) is 12.3 Å². The minimum absolute atomic E-state index is 0.0166. The summed E-state index contributed by atoms with van der Waals surface area (Å²) in [7, 11) is 0. The van der Waals surface area contributed by atoms with Gasteiger partial charge in [0, 0.05) is 19.0 Å². The van der Waals surface area contributed by atoms with E-state index in [0.29, 0.717) is 30.3 Å². The van der Waals surface area contributed by atoms with Gasteiger partial charge < -0.3 is 9.73 Å². The number of hydrogen-bond donors (Lipinski definition) is 1. The van der Waals surface area contributed by atoms with Crippen molar-refractivity contribution in [1.82, 2.24) is 15.1 Å². The van der Waals surface area contributed by atoms with Crippen molar-refractivity contribution in [2.75, 3.05) is 6.54 Å². The Bertz CT molecular complexity index is 674. The highest BCUT2D eigenvalue weighted by Crippen LogP contribution is 2.15. The van der Waals surface area contributed by atoms with Gasteiger partial charge in [-0.25, -0.2) is 4.68 Å².